The van der Waals surface area contributed by atoms with E-state index in [2.05, 4.69) is 165 Å². The minimum absolute atomic E-state index is 0.0145. The zero-order chi connectivity index (χ0) is 32.2. The molecule has 0 N–H and O–H groups in total. The predicted molar refractivity (Wildman–Crippen MR) is 198 cm³/mol. The molecular formula is C42H38N6O. The van der Waals surface area contributed by atoms with Gasteiger partial charge in [0.15, 0.2) is 5.58 Å². The molecule has 12 rings (SSSR count). The molecule has 1 saturated heterocycles. The second-order valence-corrected chi connectivity index (χ2v) is 14.3. The number of nitrogens with zero attached hydrogens (tertiary/aromatic N) is 6. The molecule has 7 aliphatic rings. The summed E-state index contributed by atoms with van der Waals surface area (Å²) in [6.45, 7) is 2.01. The Morgan fingerprint density at radius 1 is 0.653 bits per heavy atom. The van der Waals surface area contributed by atoms with Crippen molar-refractivity contribution in [2.24, 2.45) is 0 Å². The van der Waals surface area contributed by atoms with Gasteiger partial charge in [-0.05, 0) is 59.9 Å². The first-order valence-corrected chi connectivity index (χ1v) is 17.7. The van der Waals surface area contributed by atoms with Gasteiger partial charge in [-0.3, -0.25) is 0 Å². The van der Waals surface area contributed by atoms with Gasteiger partial charge in [0.05, 0.1) is 5.69 Å². The van der Waals surface area contributed by atoms with Crippen LogP contribution >= 0.6 is 0 Å². The third kappa shape index (κ3) is 3.90. The van der Waals surface area contributed by atoms with E-state index >= 15 is 0 Å². The van der Waals surface area contributed by atoms with Crippen LogP contribution in [0.4, 0.5) is 17.1 Å². The van der Waals surface area contributed by atoms with Gasteiger partial charge < -0.3 is 33.8 Å². The molecule has 1 fully saturated rings. The highest BCUT2D eigenvalue weighted by atomic mass is 16.3. The SMILES string of the molecule is CN1C=CN2c3c(ccc4c3oc3ccccc34)/C=C3/CC4N5C=CN4c4ccccc4C(Cc4ccccc4N4C=CN(CCC5)C34)C12. The third-order valence-electron chi connectivity index (χ3n) is 11.7. The lowest BCUT2D eigenvalue weighted by molar-refractivity contribution is 0.289. The summed E-state index contributed by atoms with van der Waals surface area (Å²) in [7, 11) is 2.24. The maximum atomic E-state index is 6.86. The summed E-state index contributed by atoms with van der Waals surface area (Å²) in [5, 5.41) is 2.32. The van der Waals surface area contributed by atoms with Crippen molar-refractivity contribution in [2.45, 2.75) is 43.7 Å². The minimum Gasteiger partial charge on any atom is -0.454 e. The standard InChI is InChI=1S/C42H38N6O/c1-43-19-22-48-39-29(15-16-33-32-11-4-7-14-37(32)49-40(33)39)25-30-27-38-44-17-8-18-45-21-24-47(41(30)45)35-12-5-2-9-28(35)26-34(42(43)48)31-10-3-6-13-36(31)46(38)23-20-44/h2-7,9-16,19-25,34,38,41-42H,8,17-18,26-27H2,1H3/b30-25-. The van der Waals surface area contributed by atoms with Crippen LogP contribution in [0, 0.1) is 0 Å². The average molecular weight is 643 g/mol. The topological polar surface area (TPSA) is 32.6 Å². The van der Waals surface area contributed by atoms with Crippen LogP contribution in [0.25, 0.3) is 28.0 Å². The average Bonchev–Trinajstić information content (AvgIpc) is 3.90. The number of para-hydroxylation sites is 3. The normalized spacial score (nSPS) is 25.9. The van der Waals surface area contributed by atoms with E-state index in [1.807, 2.05) is 0 Å². The number of anilines is 3. The number of benzene rings is 4. The van der Waals surface area contributed by atoms with Crippen LogP contribution in [-0.4, -0.2) is 53.3 Å². The van der Waals surface area contributed by atoms with Gasteiger partial charge >= 0.3 is 0 Å². The molecule has 0 radical (unpaired) electrons. The lowest BCUT2D eigenvalue weighted by Crippen LogP contribution is -2.46. The van der Waals surface area contributed by atoms with Crippen LogP contribution in [-0.2, 0) is 6.42 Å². The smallest absolute Gasteiger partial charge is 0.159 e. The van der Waals surface area contributed by atoms with Gasteiger partial charge in [-0.1, -0.05) is 60.7 Å². The summed E-state index contributed by atoms with van der Waals surface area (Å²) in [5.74, 6) is 0.126. The molecule has 0 aliphatic carbocycles. The predicted octanol–water partition coefficient (Wildman–Crippen LogP) is 8.20. The number of furan rings is 1. The molecule has 7 aliphatic heterocycles. The number of fused-ring (bicyclic) bond motifs is 3. The molecule has 242 valence electrons. The molecule has 0 amide bonds. The van der Waals surface area contributed by atoms with Gasteiger partial charge in [-0.25, -0.2) is 0 Å². The monoisotopic (exact) mass is 642 g/mol. The summed E-state index contributed by atoms with van der Waals surface area (Å²) in [5.41, 5.74) is 11.0. The Morgan fingerprint density at radius 2 is 1.43 bits per heavy atom. The first kappa shape index (κ1) is 27.4. The molecule has 7 nitrogen and oxygen atoms in total. The number of likely N-dealkylation sites (N-methyl/N-ethyl adjacent to an activating group) is 1. The Kier molecular flexibility index (Phi) is 5.72. The third-order valence-corrected chi connectivity index (χ3v) is 11.7. The zero-order valence-electron chi connectivity index (χ0n) is 27.6. The summed E-state index contributed by atoms with van der Waals surface area (Å²) >= 11 is 0. The summed E-state index contributed by atoms with van der Waals surface area (Å²) < 4.78 is 6.86. The molecule has 8 heterocycles. The lowest BCUT2D eigenvalue weighted by atomic mass is 9.85. The molecule has 4 aromatic carbocycles. The lowest BCUT2D eigenvalue weighted by Gasteiger charge is -2.43. The molecule has 0 spiro atoms. The van der Waals surface area contributed by atoms with E-state index in [9.17, 15) is 0 Å². The molecule has 5 aromatic rings. The van der Waals surface area contributed by atoms with E-state index in [0.717, 1.165) is 60.0 Å². The second-order valence-electron chi connectivity index (χ2n) is 14.3. The molecular weight excluding hydrogens is 605 g/mol. The van der Waals surface area contributed by atoms with Gasteiger partial charge in [0, 0.05) is 97.4 Å². The highest BCUT2D eigenvalue weighted by molar-refractivity contribution is 6.10. The van der Waals surface area contributed by atoms with Crippen LogP contribution in [0.5, 0.6) is 0 Å². The van der Waals surface area contributed by atoms with Crippen molar-refractivity contribution in [1.82, 2.24) is 14.7 Å². The van der Waals surface area contributed by atoms with Crippen LogP contribution in [0.15, 0.2) is 132 Å². The van der Waals surface area contributed by atoms with E-state index in [-0.39, 0.29) is 24.4 Å². The van der Waals surface area contributed by atoms with E-state index in [1.54, 1.807) is 0 Å². The fourth-order valence-electron chi connectivity index (χ4n) is 9.55. The van der Waals surface area contributed by atoms with E-state index in [1.165, 1.54) is 33.6 Å². The Bertz CT molecular complexity index is 2280. The Morgan fingerprint density at radius 3 is 2.39 bits per heavy atom. The number of hydrogen-bond acceptors (Lipinski definition) is 7. The Hall–Kier alpha value is -5.56. The quantitative estimate of drug-likeness (QED) is 0.168. The van der Waals surface area contributed by atoms with E-state index < -0.39 is 0 Å². The van der Waals surface area contributed by atoms with Crippen molar-refractivity contribution in [2.75, 3.05) is 34.8 Å². The molecule has 4 unspecified atom stereocenters. The fraction of sp³-hybridized carbons (Fsp3) is 0.238. The van der Waals surface area contributed by atoms with Crippen molar-refractivity contribution in [1.29, 1.82) is 0 Å². The van der Waals surface area contributed by atoms with Gasteiger partial charge in [0.2, 0.25) is 0 Å². The van der Waals surface area contributed by atoms with Crippen molar-refractivity contribution < 1.29 is 4.42 Å². The summed E-state index contributed by atoms with van der Waals surface area (Å²) in [6.07, 6.45) is 19.5. The number of hydrogen-bond donors (Lipinski definition) is 0. The maximum Gasteiger partial charge on any atom is 0.159 e. The zero-order valence-corrected chi connectivity index (χ0v) is 27.6. The molecule has 4 atom stereocenters. The molecule has 4 bridgehead atoms. The van der Waals surface area contributed by atoms with Gasteiger partial charge in [0.1, 0.15) is 24.1 Å². The molecule has 0 saturated carbocycles. The molecule has 49 heavy (non-hydrogen) atoms. The summed E-state index contributed by atoms with van der Waals surface area (Å²) in [4.78, 5) is 15.2. The minimum atomic E-state index is 0.0145. The Labute approximate surface area is 286 Å². The summed E-state index contributed by atoms with van der Waals surface area (Å²) in [6, 6.07) is 31.4. The van der Waals surface area contributed by atoms with Crippen molar-refractivity contribution in [3.63, 3.8) is 0 Å². The van der Waals surface area contributed by atoms with Crippen molar-refractivity contribution in [3.8, 4) is 0 Å². The largest absolute Gasteiger partial charge is 0.454 e. The van der Waals surface area contributed by atoms with Crippen molar-refractivity contribution in [3.05, 3.63) is 144 Å². The van der Waals surface area contributed by atoms with Crippen LogP contribution < -0.4 is 14.7 Å². The highest BCUT2D eigenvalue weighted by Crippen LogP contribution is 2.49. The van der Waals surface area contributed by atoms with E-state index in [0.29, 0.717) is 0 Å². The van der Waals surface area contributed by atoms with Gasteiger partial charge in [-0.15, -0.1) is 0 Å². The first-order valence-electron chi connectivity index (χ1n) is 17.7. The second kappa shape index (κ2) is 10.2. The van der Waals surface area contributed by atoms with Crippen molar-refractivity contribution >= 4 is 45.1 Å². The molecule has 7 heteroatoms. The van der Waals surface area contributed by atoms with Crippen LogP contribution in [0.3, 0.4) is 0 Å². The highest BCUT2D eigenvalue weighted by Gasteiger charge is 2.43. The van der Waals surface area contributed by atoms with Gasteiger partial charge in [0.25, 0.3) is 0 Å². The van der Waals surface area contributed by atoms with Crippen LogP contribution in [0.1, 0.15) is 35.4 Å². The van der Waals surface area contributed by atoms with Gasteiger partial charge in [-0.2, -0.15) is 0 Å². The van der Waals surface area contributed by atoms with E-state index in [4.69, 9.17) is 4.42 Å². The first-order chi connectivity index (χ1) is 24.2. The van der Waals surface area contributed by atoms with Crippen LogP contribution in [0.2, 0.25) is 0 Å². The maximum absolute atomic E-state index is 6.86. The number of rotatable bonds is 0. The Balaban J connectivity index is 1.29. The fourth-order valence-corrected chi connectivity index (χ4v) is 9.55. The molecule has 1 aromatic heterocycles.